The van der Waals surface area contributed by atoms with E-state index in [9.17, 15) is 9.59 Å². The van der Waals surface area contributed by atoms with Gasteiger partial charge in [-0.05, 0) is 94.5 Å². The SMILES string of the molecule is CN1CC=C(c2nsnc2OCCCN2CCN(CCCCC3CCN(CC(=O)N4c5ccccc5NC(=O)c5ccccc54)CC3)CC2)CC1. The van der Waals surface area contributed by atoms with Gasteiger partial charge in [0.05, 0.1) is 47.5 Å². The molecule has 272 valence electrons. The monoisotopic (exact) mass is 712 g/mol. The number of ether oxygens (including phenoxy) is 1. The van der Waals surface area contributed by atoms with Crippen LogP contribution in [0.3, 0.4) is 0 Å². The van der Waals surface area contributed by atoms with Crippen molar-refractivity contribution in [2.75, 3.05) is 95.9 Å². The van der Waals surface area contributed by atoms with Crippen molar-refractivity contribution in [1.82, 2.24) is 28.3 Å². The quantitative estimate of drug-likeness (QED) is 0.232. The Morgan fingerprint density at radius 1 is 0.863 bits per heavy atom. The number of carbonyl (C=O) groups is 2. The van der Waals surface area contributed by atoms with E-state index in [1.165, 1.54) is 43.1 Å². The lowest BCUT2D eigenvalue weighted by Gasteiger charge is -2.35. The van der Waals surface area contributed by atoms with Gasteiger partial charge in [0, 0.05) is 45.8 Å². The lowest BCUT2D eigenvalue weighted by Crippen LogP contribution is -2.46. The van der Waals surface area contributed by atoms with Crippen molar-refractivity contribution >= 4 is 46.2 Å². The molecule has 3 aromatic rings. The second kappa shape index (κ2) is 17.2. The zero-order chi connectivity index (χ0) is 35.0. The number of nitrogens with zero attached hydrogens (tertiary/aromatic N) is 7. The zero-order valence-electron chi connectivity index (χ0n) is 30.0. The van der Waals surface area contributed by atoms with E-state index in [-0.39, 0.29) is 11.8 Å². The molecule has 2 aromatic carbocycles. The molecule has 51 heavy (non-hydrogen) atoms. The van der Waals surface area contributed by atoms with Gasteiger partial charge in [0.25, 0.3) is 11.8 Å². The van der Waals surface area contributed by atoms with Gasteiger partial charge in [0.1, 0.15) is 5.69 Å². The van der Waals surface area contributed by atoms with Gasteiger partial charge in [-0.3, -0.25) is 19.4 Å². The molecule has 0 unspecified atom stereocenters. The average molecular weight is 713 g/mol. The summed E-state index contributed by atoms with van der Waals surface area (Å²) in [6.45, 7) is 11.7. The van der Waals surface area contributed by atoms with Gasteiger partial charge in [-0.2, -0.15) is 4.37 Å². The third kappa shape index (κ3) is 9.04. The number of unbranched alkanes of at least 4 members (excludes halogenated alkanes) is 1. The van der Waals surface area contributed by atoms with Crippen LogP contribution < -0.4 is 15.0 Å². The number of fused-ring (bicyclic) bond motifs is 2. The van der Waals surface area contributed by atoms with Crippen molar-refractivity contribution in [3.8, 4) is 5.88 Å². The molecular formula is C39H52N8O3S. The number of carbonyl (C=O) groups excluding carboxylic acids is 2. The van der Waals surface area contributed by atoms with Crippen LogP contribution in [-0.2, 0) is 4.79 Å². The van der Waals surface area contributed by atoms with Crippen molar-refractivity contribution < 1.29 is 14.3 Å². The molecule has 7 rings (SSSR count). The summed E-state index contributed by atoms with van der Waals surface area (Å²) in [5.74, 6) is 1.25. The molecule has 0 atom stereocenters. The lowest BCUT2D eigenvalue weighted by atomic mass is 9.91. The summed E-state index contributed by atoms with van der Waals surface area (Å²) in [7, 11) is 2.14. The molecule has 11 nitrogen and oxygen atoms in total. The number of piperazine rings is 1. The summed E-state index contributed by atoms with van der Waals surface area (Å²) < 4.78 is 15.0. The Morgan fingerprint density at radius 2 is 1.59 bits per heavy atom. The Labute approximate surface area is 306 Å². The van der Waals surface area contributed by atoms with Gasteiger partial charge >= 0.3 is 0 Å². The smallest absolute Gasteiger partial charge is 0.257 e. The van der Waals surface area contributed by atoms with E-state index in [1.807, 2.05) is 42.5 Å². The van der Waals surface area contributed by atoms with Crippen LogP contribution in [0.2, 0.25) is 0 Å². The molecule has 0 bridgehead atoms. The highest BCUT2D eigenvalue weighted by molar-refractivity contribution is 6.99. The molecule has 0 spiro atoms. The average Bonchev–Trinajstić information content (AvgIpc) is 3.58. The van der Waals surface area contributed by atoms with E-state index in [0.29, 0.717) is 36.0 Å². The Bertz CT molecular complexity index is 1660. The number of anilines is 3. The van der Waals surface area contributed by atoms with Gasteiger partial charge in [-0.25, -0.2) is 0 Å². The minimum Gasteiger partial charge on any atom is -0.475 e. The van der Waals surface area contributed by atoms with Crippen LogP contribution in [0.1, 0.15) is 61.0 Å². The molecule has 12 heteroatoms. The van der Waals surface area contributed by atoms with Crippen molar-refractivity contribution in [1.29, 1.82) is 0 Å². The summed E-state index contributed by atoms with van der Waals surface area (Å²) in [6.07, 6.45) is 10.3. The molecule has 0 saturated carbocycles. The number of piperidine rings is 1. The predicted molar refractivity (Wildman–Crippen MR) is 204 cm³/mol. The molecule has 4 aliphatic heterocycles. The number of likely N-dealkylation sites (tertiary alicyclic amines) is 1. The molecule has 1 aromatic heterocycles. The fraction of sp³-hybridized carbons (Fsp3) is 0.538. The number of rotatable bonds is 13. The second-order valence-corrected chi connectivity index (χ2v) is 15.0. The van der Waals surface area contributed by atoms with Gasteiger partial charge in [-0.15, -0.1) is 4.37 Å². The molecule has 0 aliphatic carbocycles. The maximum Gasteiger partial charge on any atom is 0.257 e. The summed E-state index contributed by atoms with van der Waals surface area (Å²) >= 11 is 1.25. The number of likely N-dealkylation sites (N-methyl/N-ethyl adjacent to an activating group) is 1. The van der Waals surface area contributed by atoms with Crippen molar-refractivity contribution in [3.63, 3.8) is 0 Å². The Balaban J connectivity index is 0.766. The van der Waals surface area contributed by atoms with E-state index in [0.717, 1.165) is 102 Å². The molecule has 0 radical (unpaired) electrons. The van der Waals surface area contributed by atoms with Gasteiger partial charge in [-0.1, -0.05) is 43.2 Å². The summed E-state index contributed by atoms with van der Waals surface area (Å²) in [6, 6.07) is 14.9. The van der Waals surface area contributed by atoms with Gasteiger partial charge in [0.15, 0.2) is 0 Å². The second-order valence-electron chi connectivity index (χ2n) is 14.5. The number of nitrogens with one attached hydrogen (secondary N) is 1. The topological polar surface area (TPSA) is 97.4 Å². The van der Waals surface area contributed by atoms with Crippen LogP contribution in [0.15, 0.2) is 54.6 Å². The van der Waals surface area contributed by atoms with Crippen LogP contribution in [-0.4, -0.2) is 126 Å². The third-order valence-corrected chi connectivity index (χ3v) is 11.4. The van der Waals surface area contributed by atoms with Crippen LogP contribution in [0.4, 0.5) is 17.1 Å². The Hall–Kier alpha value is -3.68. The number of hydrogen-bond acceptors (Lipinski definition) is 10. The van der Waals surface area contributed by atoms with Crippen molar-refractivity contribution in [2.24, 2.45) is 5.92 Å². The number of benzene rings is 2. The predicted octanol–water partition coefficient (Wildman–Crippen LogP) is 5.46. The summed E-state index contributed by atoms with van der Waals surface area (Å²) in [5, 5.41) is 2.98. The fourth-order valence-corrected chi connectivity index (χ4v) is 8.37. The normalized spacial score (nSPS) is 19.6. The molecule has 2 fully saturated rings. The molecule has 4 aliphatic rings. The standard InChI is InChI=1S/C39H52N8O3S/c1-43-20-16-31(17-21-43)37-39(42-51-41-37)50-28-8-19-45-26-24-44(25-27-45)18-7-6-9-30-14-22-46(23-15-30)29-36(48)47-34-12-4-2-10-32(34)38(49)40-33-11-3-5-13-35(33)47/h2-5,10-13,16,30H,6-9,14-15,17-29H2,1H3,(H,40,49). The molecule has 1 N–H and O–H groups in total. The van der Waals surface area contributed by atoms with E-state index >= 15 is 0 Å². The van der Waals surface area contributed by atoms with Crippen LogP contribution >= 0.6 is 11.7 Å². The minimum atomic E-state index is -0.186. The van der Waals surface area contributed by atoms with Gasteiger partial charge < -0.3 is 24.8 Å². The van der Waals surface area contributed by atoms with Crippen LogP contribution in [0, 0.1) is 5.92 Å². The first kappa shape index (κ1) is 35.7. The first-order chi connectivity index (χ1) is 25.0. The van der Waals surface area contributed by atoms with E-state index in [2.05, 4.69) is 46.8 Å². The Kier molecular flexibility index (Phi) is 12.1. The number of para-hydroxylation sites is 3. The Morgan fingerprint density at radius 3 is 2.35 bits per heavy atom. The molecule has 2 saturated heterocycles. The highest BCUT2D eigenvalue weighted by Crippen LogP contribution is 2.38. The molecular weight excluding hydrogens is 661 g/mol. The number of amides is 2. The highest BCUT2D eigenvalue weighted by Gasteiger charge is 2.31. The van der Waals surface area contributed by atoms with Crippen LogP contribution in [0.25, 0.3) is 5.57 Å². The van der Waals surface area contributed by atoms with Gasteiger partial charge in [0.2, 0.25) is 5.91 Å². The molecule has 2 amide bonds. The van der Waals surface area contributed by atoms with E-state index in [4.69, 9.17) is 4.74 Å². The van der Waals surface area contributed by atoms with E-state index in [1.54, 1.807) is 11.0 Å². The largest absolute Gasteiger partial charge is 0.475 e. The maximum absolute atomic E-state index is 13.8. The first-order valence-corrected chi connectivity index (χ1v) is 19.6. The van der Waals surface area contributed by atoms with Crippen molar-refractivity contribution in [3.05, 3.63) is 65.9 Å². The highest BCUT2D eigenvalue weighted by atomic mass is 32.1. The fourth-order valence-electron chi connectivity index (χ4n) is 7.84. The van der Waals surface area contributed by atoms with Crippen LogP contribution in [0.5, 0.6) is 5.88 Å². The summed E-state index contributed by atoms with van der Waals surface area (Å²) in [5.41, 5.74) is 4.76. The zero-order valence-corrected chi connectivity index (χ0v) is 30.8. The van der Waals surface area contributed by atoms with Crippen molar-refractivity contribution in [2.45, 2.75) is 44.9 Å². The number of hydrogen-bond donors (Lipinski definition) is 1. The third-order valence-electron chi connectivity index (χ3n) is 10.9. The first-order valence-electron chi connectivity index (χ1n) is 18.8. The summed E-state index contributed by atoms with van der Waals surface area (Å²) in [4.78, 5) is 38.3. The minimum absolute atomic E-state index is 0.00137. The lowest BCUT2D eigenvalue weighted by molar-refractivity contribution is -0.119. The molecule has 5 heterocycles. The number of aromatic nitrogens is 2. The van der Waals surface area contributed by atoms with E-state index < -0.39 is 0 Å². The maximum atomic E-state index is 13.8.